The summed E-state index contributed by atoms with van der Waals surface area (Å²) in [5, 5.41) is 0. The summed E-state index contributed by atoms with van der Waals surface area (Å²) in [6, 6.07) is 0. The Hall–Kier alpha value is -1.71. The average molecular weight is 450 g/mol. The van der Waals surface area contributed by atoms with Crippen LogP contribution in [0.15, 0.2) is 12.2 Å². The Balaban J connectivity index is 1.58. The van der Waals surface area contributed by atoms with Crippen molar-refractivity contribution in [2.24, 2.45) is 41.4 Å². The Kier molecular flexibility index (Phi) is 4.23. The maximum atomic E-state index is 15.9. The fourth-order valence-corrected chi connectivity index (χ4v) is 7.60. The van der Waals surface area contributed by atoms with Crippen LogP contribution in [0.1, 0.15) is 33.1 Å². The summed E-state index contributed by atoms with van der Waals surface area (Å²) in [4.78, 5) is 23.3. The van der Waals surface area contributed by atoms with Gasteiger partial charge in [-0.25, -0.2) is 0 Å². The molecule has 9 unspecified atom stereocenters. The van der Waals surface area contributed by atoms with Gasteiger partial charge in [0.25, 0.3) is 0 Å². The third kappa shape index (κ3) is 2.45. The first-order valence-electron chi connectivity index (χ1n) is 10.5. The van der Waals surface area contributed by atoms with Crippen molar-refractivity contribution in [1.82, 2.24) is 0 Å². The van der Waals surface area contributed by atoms with Crippen molar-refractivity contribution in [3.63, 3.8) is 0 Å². The van der Waals surface area contributed by atoms with Gasteiger partial charge in [0.15, 0.2) is 0 Å². The third-order valence-corrected chi connectivity index (χ3v) is 8.29. The standard InChI is InChI=1S/C21H23F5O5/c1-9(27)30-18(8-29-20(19(18,22)23,21(24,25)26)31-10(2)28)15-7-13-6-14(15)17-12-4-3-11(5-12)16(13)17/h3-4,11-17H,5-8H2,1-2H3. The number of fused-ring (bicyclic) bond motifs is 9. The molecule has 5 nitrogen and oxygen atoms in total. The first kappa shape index (κ1) is 21.2. The minimum atomic E-state index is -5.74. The Morgan fingerprint density at radius 2 is 1.58 bits per heavy atom. The lowest BCUT2D eigenvalue weighted by Crippen LogP contribution is -2.68. The second kappa shape index (κ2) is 6.20. The van der Waals surface area contributed by atoms with Crippen molar-refractivity contribution >= 4 is 11.9 Å². The first-order chi connectivity index (χ1) is 14.3. The number of carbonyl (C=O) groups is 2. The molecule has 0 aromatic heterocycles. The lowest BCUT2D eigenvalue weighted by atomic mass is 9.63. The maximum Gasteiger partial charge on any atom is 0.462 e. The van der Waals surface area contributed by atoms with Crippen LogP contribution < -0.4 is 0 Å². The summed E-state index contributed by atoms with van der Waals surface area (Å²) in [6.45, 7) is 0.289. The van der Waals surface area contributed by atoms with Crippen LogP contribution in [-0.2, 0) is 23.8 Å². The summed E-state index contributed by atoms with van der Waals surface area (Å²) in [5.41, 5.74) is -2.86. The Morgan fingerprint density at radius 1 is 0.968 bits per heavy atom. The molecule has 0 amide bonds. The van der Waals surface area contributed by atoms with E-state index >= 15 is 8.78 Å². The van der Waals surface area contributed by atoms with Gasteiger partial charge in [0.05, 0.1) is 6.61 Å². The van der Waals surface area contributed by atoms with E-state index in [1.807, 2.05) is 0 Å². The van der Waals surface area contributed by atoms with E-state index in [9.17, 15) is 22.8 Å². The average Bonchev–Trinajstić information content (AvgIpc) is 3.41. The predicted octanol–water partition coefficient (Wildman–Crippen LogP) is 3.87. The van der Waals surface area contributed by atoms with Gasteiger partial charge in [-0.2, -0.15) is 22.0 Å². The highest BCUT2D eigenvalue weighted by atomic mass is 19.4. The van der Waals surface area contributed by atoms with E-state index in [0.717, 1.165) is 13.3 Å². The first-order valence-corrected chi connectivity index (χ1v) is 10.5. The summed E-state index contributed by atoms with van der Waals surface area (Å²) in [7, 11) is 0. The second-order valence-electron chi connectivity index (χ2n) is 9.66. The van der Waals surface area contributed by atoms with Crippen molar-refractivity contribution in [2.75, 3.05) is 6.61 Å². The fourth-order valence-electron chi connectivity index (χ4n) is 7.60. The highest BCUT2D eigenvalue weighted by Crippen LogP contribution is 2.71. The van der Waals surface area contributed by atoms with Gasteiger partial charge < -0.3 is 14.2 Å². The minimum Gasteiger partial charge on any atom is -0.450 e. The van der Waals surface area contributed by atoms with Crippen LogP contribution in [0.3, 0.4) is 0 Å². The molecule has 9 atom stereocenters. The molecule has 3 saturated carbocycles. The number of esters is 2. The highest BCUT2D eigenvalue weighted by molar-refractivity contribution is 5.68. The predicted molar refractivity (Wildman–Crippen MR) is 93.4 cm³/mol. The Morgan fingerprint density at radius 3 is 2.16 bits per heavy atom. The molecule has 0 spiro atoms. The van der Waals surface area contributed by atoms with Gasteiger partial charge in [0, 0.05) is 19.8 Å². The lowest BCUT2D eigenvalue weighted by Gasteiger charge is -2.47. The smallest absolute Gasteiger partial charge is 0.450 e. The molecule has 1 heterocycles. The minimum absolute atomic E-state index is 0.0802. The van der Waals surface area contributed by atoms with E-state index in [0.29, 0.717) is 25.2 Å². The van der Waals surface area contributed by atoms with E-state index in [-0.39, 0.29) is 30.1 Å². The zero-order valence-corrected chi connectivity index (χ0v) is 17.0. The molecular weight excluding hydrogens is 427 g/mol. The van der Waals surface area contributed by atoms with E-state index in [4.69, 9.17) is 4.74 Å². The van der Waals surface area contributed by atoms with Crippen molar-refractivity contribution in [3.8, 4) is 0 Å². The molecular formula is C21H23F5O5. The van der Waals surface area contributed by atoms with Gasteiger partial charge in [0.2, 0.25) is 5.60 Å². The van der Waals surface area contributed by atoms with Crippen molar-refractivity contribution < 1.29 is 45.8 Å². The van der Waals surface area contributed by atoms with Crippen molar-refractivity contribution in [2.45, 2.75) is 56.6 Å². The summed E-state index contributed by atoms with van der Waals surface area (Å²) >= 11 is 0. The topological polar surface area (TPSA) is 61.8 Å². The molecule has 0 aromatic rings. The normalized spacial score (nSPS) is 48.8. The summed E-state index contributed by atoms with van der Waals surface area (Å²) in [5.74, 6) is -12.3. The molecule has 4 aliphatic carbocycles. The van der Waals surface area contributed by atoms with Crippen LogP contribution in [0.5, 0.6) is 0 Å². The monoisotopic (exact) mass is 450 g/mol. The van der Waals surface area contributed by atoms with Gasteiger partial charge >= 0.3 is 29.8 Å². The summed E-state index contributed by atoms with van der Waals surface area (Å²) in [6.07, 6.45) is 0.266. The molecule has 4 fully saturated rings. The van der Waals surface area contributed by atoms with Gasteiger partial charge in [-0.1, -0.05) is 12.2 Å². The van der Waals surface area contributed by atoms with E-state index in [1.165, 1.54) is 0 Å². The van der Waals surface area contributed by atoms with Gasteiger partial charge in [-0.15, -0.1) is 0 Å². The van der Waals surface area contributed by atoms with Gasteiger partial charge in [0.1, 0.15) is 0 Å². The lowest BCUT2D eigenvalue weighted by molar-refractivity contribution is -0.411. The molecule has 1 aliphatic heterocycles. The van der Waals surface area contributed by atoms with Crippen molar-refractivity contribution in [3.05, 3.63) is 12.2 Å². The number of allylic oxidation sites excluding steroid dienone is 2. The highest BCUT2D eigenvalue weighted by Gasteiger charge is 2.89. The van der Waals surface area contributed by atoms with E-state index in [2.05, 4.69) is 21.6 Å². The number of hydrogen-bond donors (Lipinski definition) is 0. The zero-order valence-electron chi connectivity index (χ0n) is 17.0. The van der Waals surface area contributed by atoms with Gasteiger partial charge in [-0.05, 0) is 54.8 Å². The van der Waals surface area contributed by atoms with E-state index < -0.39 is 48.0 Å². The molecule has 31 heavy (non-hydrogen) atoms. The maximum absolute atomic E-state index is 15.9. The largest absolute Gasteiger partial charge is 0.462 e. The number of hydrogen-bond acceptors (Lipinski definition) is 5. The van der Waals surface area contributed by atoms with Crippen LogP contribution in [0.4, 0.5) is 22.0 Å². The molecule has 10 heteroatoms. The quantitative estimate of drug-likeness (QED) is 0.283. The second-order valence-corrected chi connectivity index (χ2v) is 9.66. The summed E-state index contributed by atoms with van der Waals surface area (Å²) < 4.78 is 87.5. The Bertz CT molecular complexity index is 856. The molecule has 0 radical (unpaired) electrons. The molecule has 5 aliphatic rings. The van der Waals surface area contributed by atoms with E-state index in [1.54, 1.807) is 0 Å². The van der Waals surface area contributed by atoms with Crippen LogP contribution in [-0.4, -0.2) is 42.0 Å². The molecule has 172 valence electrons. The van der Waals surface area contributed by atoms with Crippen LogP contribution in [0.2, 0.25) is 0 Å². The molecule has 0 N–H and O–H groups in total. The zero-order chi connectivity index (χ0) is 22.6. The number of rotatable bonds is 3. The SMILES string of the molecule is CC(=O)OC1(C2CC3CC2C2C4C=CC(C4)C32)COC(OC(C)=O)(C(F)(F)F)C1(F)F. The number of carbonyl (C=O) groups excluding carboxylic acids is 2. The number of ether oxygens (including phenoxy) is 3. The Labute approximate surface area is 175 Å². The van der Waals surface area contributed by atoms with Crippen LogP contribution in [0, 0.1) is 41.4 Å². The molecule has 4 bridgehead atoms. The fraction of sp³-hybridized carbons (Fsp3) is 0.810. The van der Waals surface area contributed by atoms with Gasteiger partial charge in [-0.3, -0.25) is 9.59 Å². The molecule has 1 saturated heterocycles. The third-order valence-electron chi connectivity index (χ3n) is 8.29. The number of alkyl halides is 5. The number of halogens is 5. The van der Waals surface area contributed by atoms with Crippen LogP contribution in [0.25, 0.3) is 0 Å². The molecule has 5 rings (SSSR count). The molecule has 0 aromatic carbocycles. The van der Waals surface area contributed by atoms with Crippen LogP contribution >= 0.6 is 0 Å². The van der Waals surface area contributed by atoms with Crippen molar-refractivity contribution in [1.29, 1.82) is 0 Å².